The fourth-order valence-electron chi connectivity index (χ4n) is 1.19. The maximum atomic E-state index is 10.8. The Bertz CT molecular complexity index is 481. The third-order valence-electron chi connectivity index (χ3n) is 1.90. The van der Waals surface area contributed by atoms with E-state index in [1.165, 1.54) is 20.3 Å². The van der Waals surface area contributed by atoms with Gasteiger partial charge in [0, 0.05) is 0 Å². The number of hydrogen-bond acceptors (Lipinski definition) is 5. The zero-order valence-corrected chi connectivity index (χ0v) is 10.6. The standard InChI is InChI=1S/C9H7IN2O4/c1-15-7-3-6(12(13)14)5(4-11)8(10)9(7)16-2/h3H,1-2H3. The molecule has 0 aromatic heterocycles. The van der Waals surface area contributed by atoms with Crippen molar-refractivity contribution in [2.45, 2.75) is 0 Å². The monoisotopic (exact) mass is 334 g/mol. The van der Waals surface area contributed by atoms with Gasteiger partial charge in [0.05, 0.1) is 28.8 Å². The third-order valence-corrected chi connectivity index (χ3v) is 2.93. The van der Waals surface area contributed by atoms with E-state index in [9.17, 15) is 10.1 Å². The zero-order chi connectivity index (χ0) is 12.3. The lowest BCUT2D eigenvalue weighted by atomic mass is 10.1. The summed E-state index contributed by atoms with van der Waals surface area (Å²) in [6, 6.07) is 2.97. The molecule has 0 amide bonds. The number of benzene rings is 1. The number of rotatable bonds is 3. The van der Waals surface area contributed by atoms with Gasteiger partial charge in [0.1, 0.15) is 11.6 Å². The Labute approximate surface area is 105 Å². The molecule has 0 heterocycles. The molecule has 6 nitrogen and oxygen atoms in total. The molecule has 0 unspecified atom stereocenters. The number of nitrogens with zero attached hydrogens (tertiary/aromatic N) is 2. The molecule has 1 rings (SSSR count). The lowest BCUT2D eigenvalue weighted by Crippen LogP contribution is -2.00. The minimum atomic E-state index is -0.622. The van der Waals surface area contributed by atoms with Gasteiger partial charge in [0.2, 0.25) is 0 Å². The fraction of sp³-hybridized carbons (Fsp3) is 0.222. The Balaban J connectivity index is 3.62. The molecule has 0 bridgehead atoms. The highest BCUT2D eigenvalue weighted by Gasteiger charge is 2.24. The molecule has 0 aliphatic heterocycles. The summed E-state index contributed by atoms with van der Waals surface area (Å²) >= 11 is 1.82. The van der Waals surface area contributed by atoms with Gasteiger partial charge in [-0.25, -0.2) is 0 Å². The van der Waals surface area contributed by atoms with Gasteiger partial charge < -0.3 is 9.47 Å². The van der Waals surface area contributed by atoms with E-state index in [0.29, 0.717) is 9.32 Å². The SMILES string of the molecule is COc1cc([N+](=O)[O-])c(C#N)c(I)c1OC. The maximum Gasteiger partial charge on any atom is 0.292 e. The number of hydrogen-bond donors (Lipinski definition) is 0. The Morgan fingerprint density at radius 3 is 2.50 bits per heavy atom. The van der Waals surface area contributed by atoms with Crippen molar-refractivity contribution in [2.75, 3.05) is 14.2 Å². The summed E-state index contributed by atoms with van der Waals surface area (Å²) in [5.41, 5.74) is -0.312. The van der Waals surface area contributed by atoms with E-state index >= 15 is 0 Å². The van der Waals surface area contributed by atoms with Crippen molar-refractivity contribution in [3.63, 3.8) is 0 Å². The highest BCUT2D eigenvalue weighted by atomic mass is 127. The normalized spacial score (nSPS) is 9.38. The summed E-state index contributed by atoms with van der Waals surface area (Å²) in [5.74, 6) is 0.558. The van der Waals surface area contributed by atoms with Gasteiger partial charge in [0.25, 0.3) is 5.69 Å². The Hall–Kier alpha value is -1.56. The van der Waals surface area contributed by atoms with Crippen LogP contribution in [-0.4, -0.2) is 19.1 Å². The summed E-state index contributed by atoms with van der Waals surface area (Å²) in [6.07, 6.45) is 0. The predicted molar refractivity (Wildman–Crippen MR) is 63.6 cm³/mol. The molecule has 1 aromatic carbocycles. The first-order chi connectivity index (χ1) is 7.56. The molecular formula is C9H7IN2O4. The van der Waals surface area contributed by atoms with Crippen LogP contribution in [0.3, 0.4) is 0 Å². The molecule has 0 aliphatic carbocycles. The topological polar surface area (TPSA) is 85.4 Å². The number of ether oxygens (including phenoxy) is 2. The van der Waals surface area contributed by atoms with Crippen molar-refractivity contribution in [2.24, 2.45) is 0 Å². The highest BCUT2D eigenvalue weighted by Crippen LogP contribution is 2.39. The summed E-state index contributed by atoms with van der Waals surface area (Å²) in [6.45, 7) is 0. The lowest BCUT2D eigenvalue weighted by molar-refractivity contribution is -0.385. The van der Waals surface area contributed by atoms with Crippen LogP contribution in [-0.2, 0) is 0 Å². The van der Waals surface area contributed by atoms with Crippen molar-refractivity contribution in [1.29, 1.82) is 5.26 Å². The zero-order valence-electron chi connectivity index (χ0n) is 8.48. The summed E-state index contributed by atoms with van der Waals surface area (Å²) in [5, 5.41) is 19.6. The molecule has 7 heteroatoms. The molecule has 16 heavy (non-hydrogen) atoms. The Morgan fingerprint density at radius 1 is 1.50 bits per heavy atom. The van der Waals surface area contributed by atoms with Crippen molar-refractivity contribution in [1.82, 2.24) is 0 Å². The Kier molecular flexibility index (Phi) is 3.89. The highest BCUT2D eigenvalue weighted by molar-refractivity contribution is 14.1. The van der Waals surface area contributed by atoms with Crippen LogP contribution in [0.1, 0.15) is 5.56 Å². The first kappa shape index (κ1) is 12.5. The molecule has 0 radical (unpaired) electrons. The van der Waals surface area contributed by atoms with E-state index in [1.807, 2.05) is 22.6 Å². The maximum absolute atomic E-state index is 10.8. The van der Waals surface area contributed by atoms with E-state index in [4.69, 9.17) is 14.7 Å². The van der Waals surface area contributed by atoms with Crippen LogP contribution in [0.4, 0.5) is 5.69 Å². The second-order valence-electron chi connectivity index (χ2n) is 2.69. The minimum absolute atomic E-state index is 0.0248. The summed E-state index contributed by atoms with van der Waals surface area (Å²) < 4.78 is 10.4. The van der Waals surface area contributed by atoms with Crippen LogP contribution in [0.2, 0.25) is 0 Å². The number of nitriles is 1. The second kappa shape index (κ2) is 4.98. The Morgan fingerprint density at radius 2 is 2.12 bits per heavy atom. The van der Waals surface area contributed by atoms with Crippen LogP contribution >= 0.6 is 22.6 Å². The minimum Gasteiger partial charge on any atom is -0.493 e. The van der Waals surface area contributed by atoms with Crippen LogP contribution in [0, 0.1) is 25.0 Å². The van der Waals surface area contributed by atoms with Crippen LogP contribution in [0.5, 0.6) is 11.5 Å². The van der Waals surface area contributed by atoms with Crippen LogP contribution in [0.25, 0.3) is 0 Å². The number of methoxy groups -OCH3 is 2. The quantitative estimate of drug-likeness (QED) is 0.480. The van der Waals surface area contributed by atoms with Gasteiger partial charge in [0.15, 0.2) is 11.5 Å². The summed E-state index contributed by atoms with van der Waals surface area (Å²) in [7, 11) is 2.79. The van der Waals surface area contributed by atoms with E-state index in [1.54, 1.807) is 6.07 Å². The van der Waals surface area contributed by atoms with Crippen LogP contribution < -0.4 is 9.47 Å². The average Bonchev–Trinajstić information content (AvgIpc) is 2.27. The van der Waals surface area contributed by atoms with Gasteiger partial charge >= 0.3 is 0 Å². The molecule has 0 aliphatic rings. The molecule has 0 saturated carbocycles. The third kappa shape index (κ3) is 2.01. The van der Waals surface area contributed by atoms with Crippen molar-refractivity contribution in [3.05, 3.63) is 25.3 Å². The molecule has 84 valence electrons. The van der Waals surface area contributed by atoms with Crippen molar-refractivity contribution >= 4 is 28.3 Å². The van der Waals surface area contributed by atoms with Gasteiger partial charge in [-0.3, -0.25) is 10.1 Å². The lowest BCUT2D eigenvalue weighted by Gasteiger charge is -2.10. The van der Waals surface area contributed by atoms with Gasteiger partial charge in [-0.05, 0) is 22.6 Å². The molecule has 1 aromatic rings. The van der Waals surface area contributed by atoms with E-state index in [-0.39, 0.29) is 17.0 Å². The summed E-state index contributed by atoms with van der Waals surface area (Å²) in [4.78, 5) is 10.1. The first-order valence-electron chi connectivity index (χ1n) is 4.05. The second-order valence-corrected chi connectivity index (χ2v) is 3.77. The van der Waals surface area contributed by atoms with Gasteiger partial charge in [-0.1, -0.05) is 0 Å². The molecule has 0 saturated heterocycles. The molecule has 0 fully saturated rings. The molecule has 0 N–H and O–H groups in total. The largest absolute Gasteiger partial charge is 0.493 e. The van der Waals surface area contributed by atoms with Crippen molar-refractivity contribution < 1.29 is 14.4 Å². The molecule has 0 atom stereocenters. The fourth-order valence-corrected chi connectivity index (χ4v) is 2.07. The number of halogens is 1. The van der Waals surface area contributed by atoms with E-state index in [2.05, 4.69) is 0 Å². The number of nitro groups is 1. The molecular weight excluding hydrogens is 327 g/mol. The predicted octanol–water partition coefficient (Wildman–Crippen LogP) is 2.09. The molecule has 0 spiro atoms. The first-order valence-corrected chi connectivity index (χ1v) is 5.13. The average molecular weight is 334 g/mol. The van der Waals surface area contributed by atoms with Gasteiger partial charge in [-0.2, -0.15) is 5.26 Å². The van der Waals surface area contributed by atoms with E-state index < -0.39 is 4.92 Å². The smallest absolute Gasteiger partial charge is 0.292 e. The van der Waals surface area contributed by atoms with Crippen molar-refractivity contribution in [3.8, 4) is 17.6 Å². The van der Waals surface area contributed by atoms with Crippen LogP contribution in [0.15, 0.2) is 6.07 Å². The van der Waals surface area contributed by atoms with Gasteiger partial charge in [-0.15, -0.1) is 0 Å². The van der Waals surface area contributed by atoms with E-state index in [0.717, 1.165) is 0 Å². The number of nitro benzene ring substituents is 1.